The van der Waals surface area contributed by atoms with Gasteiger partial charge in [0.2, 0.25) is 0 Å². The highest BCUT2D eigenvalue weighted by Crippen LogP contribution is 2.20. The van der Waals surface area contributed by atoms with Crippen molar-refractivity contribution < 1.29 is 8.83 Å². The first kappa shape index (κ1) is 40.7. The summed E-state index contributed by atoms with van der Waals surface area (Å²) in [6.07, 6.45) is 5.02. The van der Waals surface area contributed by atoms with Crippen LogP contribution in [0.2, 0.25) is 0 Å². The fraction of sp³-hybridized carbons (Fsp3) is 0.567. The van der Waals surface area contributed by atoms with Crippen LogP contribution in [-0.4, -0.2) is 15.0 Å². The van der Waals surface area contributed by atoms with E-state index in [1.165, 1.54) is 0 Å². The number of aromatic nitrogens is 3. The second-order valence-corrected chi connectivity index (χ2v) is 8.36. The molecule has 0 aliphatic rings. The van der Waals surface area contributed by atoms with Crippen molar-refractivity contribution in [3.63, 3.8) is 0 Å². The maximum Gasteiger partial charge on any atom is 0.198 e. The first-order valence-electron chi connectivity index (χ1n) is 12.9. The van der Waals surface area contributed by atoms with Crippen molar-refractivity contribution >= 4 is 22.4 Å². The fourth-order valence-corrected chi connectivity index (χ4v) is 2.18. The standard InChI is InChI=1S/C10H11NO.C6H9NO.C4H10.C3H3NS.3C2H6.CH4/c1-7(2)10-11-8-5-3-4-6-9(8)12-10;1-5(2)6-7-3-4-8-6;1-4(2)3;1-2-5-3-4-1;3*1-2;/h3-7H,1-2H3;3-5H,1-2H3;4H,1-3H3;1-3H;3*1-2H3;1H4. The first-order chi connectivity index (χ1) is 16.8. The Morgan fingerprint density at radius 2 is 1.28 bits per heavy atom. The normalized spacial score (nSPS) is 8.67. The SMILES string of the molecule is C.CC.CC.CC.CC(C)C.CC(C)c1nc2ccccc2o1.CC(C)c1ncco1.c1cscn1. The average molecular weight is 522 g/mol. The predicted molar refractivity (Wildman–Crippen MR) is 162 cm³/mol. The molecule has 3 aromatic heterocycles. The van der Waals surface area contributed by atoms with Gasteiger partial charge in [0.05, 0.1) is 11.7 Å². The van der Waals surface area contributed by atoms with Crippen molar-refractivity contribution in [3.8, 4) is 0 Å². The summed E-state index contributed by atoms with van der Waals surface area (Å²) in [5.74, 6) is 3.23. The number of rotatable bonds is 2. The summed E-state index contributed by atoms with van der Waals surface area (Å²) in [6.45, 7) is 26.7. The molecule has 0 saturated heterocycles. The minimum Gasteiger partial charge on any atom is -0.449 e. The van der Waals surface area contributed by atoms with E-state index in [1.807, 2.05) is 85.0 Å². The van der Waals surface area contributed by atoms with Gasteiger partial charge in [-0.1, -0.05) is 110 Å². The molecule has 0 aliphatic carbocycles. The maximum atomic E-state index is 5.52. The summed E-state index contributed by atoms with van der Waals surface area (Å²) in [6, 6.07) is 7.82. The van der Waals surface area contributed by atoms with Crippen molar-refractivity contribution in [1.82, 2.24) is 15.0 Å². The number of hydrogen-bond acceptors (Lipinski definition) is 6. The minimum atomic E-state index is 0. The topological polar surface area (TPSA) is 65.0 Å². The van der Waals surface area contributed by atoms with E-state index in [0.29, 0.717) is 11.8 Å². The van der Waals surface area contributed by atoms with Gasteiger partial charge in [-0.05, 0) is 18.1 Å². The summed E-state index contributed by atoms with van der Waals surface area (Å²) in [5.41, 5.74) is 3.61. The fourth-order valence-electron chi connectivity index (χ4n) is 1.83. The van der Waals surface area contributed by atoms with E-state index in [0.717, 1.165) is 28.8 Å². The molecule has 1 aromatic carbocycles. The molecule has 0 N–H and O–H groups in total. The van der Waals surface area contributed by atoms with E-state index in [1.54, 1.807) is 35.5 Å². The summed E-state index contributed by atoms with van der Waals surface area (Å²) in [4.78, 5) is 12.0. The lowest BCUT2D eigenvalue weighted by molar-refractivity contribution is 0.471. The smallest absolute Gasteiger partial charge is 0.198 e. The van der Waals surface area contributed by atoms with Gasteiger partial charge in [0.15, 0.2) is 17.4 Å². The third-order valence-electron chi connectivity index (χ3n) is 3.10. The highest BCUT2D eigenvalue weighted by Gasteiger charge is 2.07. The maximum absolute atomic E-state index is 5.52. The molecule has 6 heteroatoms. The monoisotopic (exact) mass is 521 g/mol. The number of benzene rings is 1. The van der Waals surface area contributed by atoms with Gasteiger partial charge in [-0.3, -0.25) is 4.98 Å². The lowest BCUT2D eigenvalue weighted by atomic mass is 10.2. The van der Waals surface area contributed by atoms with Gasteiger partial charge in [-0.2, -0.15) is 0 Å². The second kappa shape index (κ2) is 28.8. The van der Waals surface area contributed by atoms with E-state index in [2.05, 4.69) is 49.6 Å². The largest absolute Gasteiger partial charge is 0.449 e. The van der Waals surface area contributed by atoms with Gasteiger partial charge in [-0.15, -0.1) is 11.3 Å². The van der Waals surface area contributed by atoms with Crippen LogP contribution in [0.1, 0.15) is 121 Å². The Morgan fingerprint density at radius 1 is 0.750 bits per heavy atom. The summed E-state index contributed by atoms with van der Waals surface area (Å²) < 4.78 is 10.5. The van der Waals surface area contributed by atoms with Crippen LogP contribution in [0.15, 0.2) is 62.6 Å². The number of hydrogen-bond donors (Lipinski definition) is 0. The molecule has 36 heavy (non-hydrogen) atoms. The lowest BCUT2D eigenvalue weighted by Crippen LogP contribution is -1.84. The Labute approximate surface area is 226 Å². The van der Waals surface area contributed by atoms with E-state index < -0.39 is 0 Å². The molecule has 0 amide bonds. The van der Waals surface area contributed by atoms with E-state index in [9.17, 15) is 0 Å². The zero-order valence-electron chi connectivity index (χ0n) is 24.5. The molecule has 0 saturated carbocycles. The number of thiazole rings is 1. The van der Waals surface area contributed by atoms with Crippen LogP contribution in [0.5, 0.6) is 0 Å². The third kappa shape index (κ3) is 22.0. The van der Waals surface area contributed by atoms with E-state index >= 15 is 0 Å². The Balaban J connectivity index is -0.000000187. The molecule has 0 radical (unpaired) electrons. The Bertz CT molecular complexity index is 816. The van der Waals surface area contributed by atoms with Crippen LogP contribution in [0.3, 0.4) is 0 Å². The van der Waals surface area contributed by atoms with Crippen molar-refractivity contribution in [2.75, 3.05) is 0 Å². The van der Waals surface area contributed by atoms with Crippen LogP contribution < -0.4 is 0 Å². The minimum absolute atomic E-state index is 0. The van der Waals surface area contributed by atoms with Gasteiger partial charge >= 0.3 is 0 Å². The highest BCUT2D eigenvalue weighted by atomic mass is 32.1. The molecular formula is C30H55N3O2S. The average Bonchev–Trinajstić information content (AvgIpc) is 3.66. The van der Waals surface area contributed by atoms with Crippen molar-refractivity contribution in [1.29, 1.82) is 0 Å². The van der Waals surface area contributed by atoms with Crippen molar-refractivity contribution in [2.45, 2.75) is 109 Å². The molecule has 0 fully saturated rings. The summed E-state index contributed by atoms with van der Waals surface area (Å²) in [5, 5.41) is 1.93. The molecule has 3 heterocycles. The molecule has 0 atom stereocenters. The summed E-state index contributed by atoms with van der Waals surface area (Å²) >= 11 is 1.60. The predicted octanol–water partition coefficient (Wildman–Crippen LogP) is 11.3. The van der Waals surface area contributed by atoms with Crippen LogP contribution >= 0.6 is 11.3 Å². The van der Waals surface area contributed by atoms with Crippen LogP contribution in [0, 0.1) is 5.92 Å². The van der Waals surface area contributed by atoms with Crippen LogP contribution in [0.25, 0.3) is 11.1 Å². The van der Waals surface area contributed by atoms with Gasteiger partial charge in [0, 0.05) is 23.4 Å². The Kier molecular flexibility index (Phi) is 32.5. The van der Waals surface area contributed by atoms with E-state index in [4.69, 9.17) is 8.83 Å². The van der Waals surface area contributed by atoms with Gasteiger partial charge in [-0.25, -0.2) is 9.97 Å². The quantitative estimate of drug-likeness (QED) is 0.262. The van der Waals surface area contributed by atoms with Crippen molar-refractivity contribution in [3.05, 3.63) is 65.6 Å². The first-order valence-corrected chi connectivity index (χ1v) is 13.8. The third-order valence-corrected chi connectivity index (χ3v) is 3.62. The zero-order valence-corrected chi connectivity index (χ0v) is 25.3. The molecule has 5 nitrogen and oxygen atoms in total. The Morgan fingerprint density at radius 3 is 1.58 bits per heavy atom. The molecule has 0 spiro atoms. The zero-order chi connectivity index (χ0) is 27.6. The van der Waals surface area contributed by atoms with Gasteiger partial charge < -0.3 is 8.83 Å². The van der Waals surface area contributed by atoms with Crippen LogP contribution in [-0.2, 0) is 0 Å². The number of fused-ring (bicyclic) bond motifs is 1. The summed E-state index contributed by atoms with van der Waals surface area (Å²) in [7, 11) is 0. The van der Waals surface area contributed by atoms with Crippen LogP contribution in [0.4, 0.5) is 0 Å². The number of nitrogens with zero attached hydrogens (tertiary/aromatic N) is 3. The lowest BCUT2D eigenvalue weighted by Gasteiger charge is -1.93. The second-order valence-electron chi connectivity index (χ2n) is 7.61. The highest BCUT2D eigenvalue weighted by molar-refractivity contribution is 7.07. The molecule has 0 bridgehead atoms. The Hall–Kier alpha value is -2.47. The molecular weight excluding hydrogens is 466 g/mol. The molecule has 4 aromatic rings. The molecule has 208 valence electrons. The molecule has 0 unspecified atom stereocenters. The van der Waals surface area contributed by atoms with Crippen molar-refractivity contribution in [2.24, 2.45) is 5.92 Å². The number of oxazole rings is 2. The van der Waals surface area contributed by atoms with Gasteiger partial charge in [0.25, 0.3) is 0 Å². The van der Waals surface area contributed by atoms with Gasteiger partial charge in [0.1, 0.15) is 11.8 Å². The van der Waals surface area contributed by atoms with E-state index in [-0.39, 0.29) is 7.43 Å². The number of para-hydroxylation sites is 2. The molecule has 4 rings (SSSR count). The molecule has 0 aliphatic heterocycles.